The lowest BCUT2D eigenvalue weighted by Gasteiger charge is -2.21. The minimum atomic E-state index is 0.0167. The molecule has 3 aromatic rings. The standard InChI is InChI=1S/C23H31N3O2S/c1-4-5-10-28-22-20-11-17(6-8-18-14-29-15-25-18)7-9-19(20)23(27)26(13-16(2)3)21(22)12-24/h7,9,11,14-16H,4-6,8,10,12-13,24H2,1-3H3. The van der Waals surface area contributed by atoms with Crippen LogP contribution in [0, 0.1) is 5.92 Å². The summed E-state index contributed by atoms with van der Waals surface area (Å²) in [6.07, 6.45) is 3.79. The second kappa shape index (κ2) is 10.0. The quantitative estimate of drug-likeness (QED) is 0.496. The SMILES string of the molecule is CCCCOc1c(CN)n(CC(C)C)c(=O)c2ccc(CCc3cscn3)cc12. The first-order chi connectivity index (χ1) is 14.0. The molecule has 156 valence electrons. The molecule has 0 aliphatic carbocycles. The first kappa shape index (κ1) is 21.5. The number of hydrogen-bond donors (Lipinski definition) is 1. The molecular weight excluding hydrogens is 382 g/mol. The predicted molar refractivity (Wildman–Crippen MR) is 121 cm³/mol. The van der Waals surface area contributed by atoms with Gasteiger partial charge in [0.25, 0.3) is 5.56 Å². The lowest BCUT2D eigenvalue weighted by atomic mass is 10.0. The van der Waals surface area contributed by atoms with E-state index in [1.807, 2.05) is 22.2 Å². The molecule has 0 saturated carbocycles. The van der Waals surface area contributed by atoms with Gasteiger partial charge in [0.05, 0.1) is 28.9 Å². The zero-order chi connectivity index (χ0) is 20.8. The van der Waals surface area contributed by atoms with E-state index in [4.69, 9.17) is 10.5 Å². The van der Waals surface area contributed by atoms with Crippen molar-refractivity contribution in [2.45, 2.75) is 59.5 Å². The highest BCUT2D eigenvalue weighted by atomic mass is 32.1. The van der Waals surface area contributed by atoms with Gasteiger partial charge in [-0.2, -0.15) is 0 Å². The number of nitrogens with two attached hydrogens (primary N) is 1. The Bertz CT molecular complexity index is 994. The molecule has 0 bridgehead atoms. The number of hydrogen-bond acceptors (Lipinski definition) is 5. The fourth-order valence-electron chi connectivity index (χ4n) is 3.54. The van der Waals surface area contributed by atoms with E-state index in [2.05, 4.69) is 37.2 Å². The molecule has 1 aromatic carbocycles. The van der Waals surface area contributed by atoms with Crippen molar-refractivity contribution >= 4 is 22.1 Å². The van der Waals surface area contributed by atoms with E-state index in [1.54, 1.807) is 11.3 Å². The first-order valence-corrected chi connectivity index (χ1v) is 11.4. The summed E-state index contributed by atoms with van der Waals surface area (Å²) in [6, 6.07) is 6.09. The van der Waals surface area contributed by atoms with Crippen LogP contribution in [-0.4, -0.2) is 16.2 Å². The molecule has 0 atom stereocenters. The number of nitrogens with zero attached hydrogens (tertiary/aromatic N) is 2. The average Bonchev–Trinajstić information content (AvgIpc) is 3.23. The van der Waals surface area contributed by atoms with E-state index >= 15 is 0 Å². The predicted octanol–water partition coefficient (Wildman–Crippen LogP) is 4.54. The van der Waals surface area contributed by atoms with Gasteiger partial charge in [-0.3, -0.25) is 4.79 Å². The summed E-state index contributed by atoms with van der Waals surface area (Å²) in [7, 11) is 0. The Labute approximate surface area is 176 Å². The van der Waals surface area contributed by atoms with E-state index in [1.165, 1.54) is 5.56 Å². The number of unbranched alkanes of at least 4 members (excludes halogenated alkanes) is 1. The van der Waals surface area contributed by atoms with Crippen LogP contribution in [0.25, 0.3) is 10.8 Å². The van der Waals surface area contributed by atoms with Crippen molar-refractivity contribution in [3.8, 4) is 5.75 Å². The van der Waals surface area contributed by atoms with Crippen molar-refractivity contribution < 1.29 is 4.74 Å². The Morgan fingerprint density at radius 1 is 1.24 bits per heavy atom. The van der Waals surface area contributed by atoms with E-state index in [0.29, 0.717) is 24.5 Å². The van der Waals surface area contributed by atoms with Crippen LogP contribution >= 0.6 is 11.3 Å². The van der Waals surface area contributed by atoms with Crippen molar-refractivity contribution in [1.82, 2.24) is 9.55 Å². The molecule has 0 spiro atoms. The van der Waals surface area contributed by atoms with Gasteiger partial charge in [-0.1, -0.05) is 33.3 Å². The number of aromatic nitrogens is 2. The van der Waals surface area contributed by atoms with Gasteiger partial charge < -0.3 is 15.0 Å². The highest BCUT2D eigenvalue weighted by Crippen LogP contribution is 2.30. The second-order valence-electron chi connectivity index (χ2n) is 7.85. The van der Waals surface area contributed by atoms with E-state index in [-0.39, 0.29) is 12.1 Å². The van der Waals surface area contributed by atoms with Crippen molar-refractivity contribution in [3.63, 3.8) is 0 Å². The Morgan fingerprint density at radius 3 is 2.72 bits per heavy atom. The van der Waals surface area contributed by atoms with Crippen LogP contribution in [-0.2, 0) is 25.9 Å². The normalized spacial score (nSPS) is 11.5. The highest BCUT2D eigenvalue weighted by Gasteiger charge is 2.18. The Balaban J connectivity index is 2.07. The summed E-state index contributed by atoms with van der Waals surface area (Å²) in [5.41, 5.74) is 11.1. The minimum Gasteiger partial charge on any atom is -0.491 e. The number of pyridine rings is 1. The molecule has 0 radical (unpaired) electrons. The molecule has 2 heterocycles. The number of fused-ring (bicyclic) bond motifs is 1. The molecule has 0 aliphatic rings. The lowest BCUT2D eigenvalue weighted by molar-refractivity contribution is 0.304. The molecule has 6 heteroatoms. The van der Waals surface area contributed by atoms with Gasteiger partial charge in [-0.15, -0.1) is 11.3 Å². The maximum Gasteiger partial charge on any atom is 0.258 e. The summed E-state index contributed by atoms with van der Waals surface area (Å²) >= 11 is 1.62. The Hall–Kier alpha value is -2.18. The summed E-state index contributed by atoms with van der Waals surface area (Å²) in [5.74, 6) is 1.11. The third kappa shape index (κ3) is 5.06. The third-order valence-electron chi connectivity index (χ3n) is 5.03. The zero-order valence-electron chi connectivity index (χ0n) is 17.6. The van der Waals surface area contributed by atoms with Gasteiger partial charge in [-0.05, 0) is 42.9 Å². The number of benzene rings is 1. The fourth-order valence-corrected chi connectivity index (χ4v) is 4.13. The van der Waals surface area contributed by atoms with E-state index < -0.39 is 0 Å². The van der Waals surface area contributed by atoms with Crippen LogP contribution in [0.3, 0.4) is 0 Å². The third-order valence-corrected chi connectivity index (χ3v) is 5.67. The van der Waals surface area contributed by atoms with Crippen LogP contribution < -0.4 is 16.0 Å². The molecule has 0 aliphatic heterocycles. The Morgan fingerprint density at radius 2 is 2.07 bits per heavy atom. The van der Waals surface area contributed by atoms with E-state index in [9.17, 15) is 4.79 Å². The minimum absolute atomic E-state index is 0.0167. The topological polar surface area (TPSA) is 70.1 Å². The van der Waals surface area contributed by atoms with Gasteiger partial charge in [0, 0.05) is 23.9 Å². The number of thiazole rings is 1. The van der Waals surface area contributed by atoms with Crippen LogP contribution in [0.4, 0.5) is 0 Å². The number of rotatable bonds is 10. The maximum absolute atomic E-state index is 13.2. The molecular formula is C23H31N3O2S. The summed E-state index contributed by atoms with van der Waals surface area (Å²) in [4.78, 5) is 17.6. The molecule has 0 fully saturated rings. The molecule has 2 aromatic heterocycles. The molecule has 2 N–H and O–H groups in total. The van der Waals surface area contributed by atoms with Gasteiger partial charge in [-0.25, -0.2) is 4.98 Å². The maximum atomic E-state index is 13.2. The monoisotopic (exact) mass is 413 g/mol. The van der Waals surface area contributed by atoms with Gasteiger partial charge in [0.1, 0.15) is 5.75 Å². The largest absolute Gasteiger partial charge is 0.491 e. The van der Waals surface area contributed by atoms with Crippen molar-refractivity contribution in [3.05, 3.63) is 56.4 Å². The number of aryl methyl sites for hydroxylation is 2. The van der Waals surface area contributed by atoms with Crippen LogP contribution in [0.1, 0.15) is 50.6 Å². The highest BCUT2D eigenvalue weighted by molar-refractivity contribution is 7.07. The van der Waals surface area contributed by atoms with Crippen molar-refractivity contribution in [2.24, 2.45) is 11.7 Å². The summed E-state index contributed by atoms with van der Waals surface area (Å²) in [6.45, 7) is 7.90. The molecule has 0 saturated heterocycles. The smallest absolute Gasteiger partial charge is 0.258 e. The molecule has 0 amide bonds. The summed E-state index contributed by atoms with van der Waals surface area (Å²) in [5, 5.41) is 3.66. The van der Waals surface area contributed by atoms with Crippen LogP contribution in [0.2, 0.25) is 0 Å². The van der Waals surface area contributed by atoms with Crippen molar-refractivity contribution in [2.75, 3.05) is 6.61 Å². The molecule has 3 rings (SSSR count). The van der Waals surface area contributed by atoms with Crippen molar-refractivity contribution in [1.29, 1.82) is 0 Å². The summed E-state index contributed by atoms with van der Waals surface area (Å²) < 4.78 is 8.02. The van der Waals surface area contributed by atoms with Crippen LogP contribution in [0.15, 0.2) is 33.9 Å². The van der Waals surface area contributed by atoms with Gasteiger partial charge >= 0.3 is 0 Å². The zero-order valence-corrected chi connectivity index (χ0v) is 18.4. The van der Waals surface area contributed by atoms with E-state index in [0.717, 1.165) is 48.2 Å². The van der Waals surface area contributed by atoms with Gasteiger partial charge in [0.15, 0.2) is 0 Å². The number of ether oxygens (including phenoxy) is 1. The lowest BCUT2D eigenvalue weighted by Crippen LogP contribution is -2.28. The average molecular weight is 414 g/mol. The molecule has 0 unspecified atom stereocenters. The van der Waals surface area contributed by atoms with Crippen LogP contribution in [0.5, 0.6) is 5.75 Å². The molecule has 29 heavy (non-hydrogen) atoms. The molecule has 5 nitrogen and oxygen atoms in total. The Kier molecular flexibility index (Phi) is 7.45. The fraction of sp³-hybridized carbons (Fsp3) is 0.478. The van der Waals surface area contributed by atoms with Gasteiger partial charge in [0.2, 0.25) is 0 Å². The first-order valence-electron chi connectivity index (χ1n) is 10.4. The second-order valence-corrected chi connectivity index (χ2v) is 8.57.